The normalized spacial score (nSPS) is 10.8. The highest BCUT2D eigenvalue weighted by Gasteiger charge is 2.13. The molecular weight excluding hydrogens is 264 g/mol. The number of benzene rings is 1. The van der Waals surface area contributed by atoms with Gasteiger partial charge in [-0.2, -0.15) is 0 Å². The molecule has 0 heterocycles. The summed E-state index contributed by atoms with van der Waals surface area (Å²) in [5.74, 6) is 0.259. The van der Waals surface area contributed by atoms with Gasteiger partial charge < -0.3 is 14.9 Å². The van der Waals surface area contributed by atoms with E-state index >= 15 is 0 Å². The molecule has 3 nitrogen and oxygen atoms in total. The predicted octanol–water partition coefficient (Wildman–Crippen LogP) is 5.18. The van der Waals surface area contributed by atoms with Crippen LogP contribution < -0.4 is 4.74 Å². The van der Waals surface area contributed by atoms with Crippen molar-refractivity contribution in [1.29, 1.82) is 0 Å². The van der Waals surface area contributed by atoms with Gasteiger partial charge in [0.15, 0.2) is 11.5 Å². The first-order chi connectivity index (χ1) is 10.2. The monoisotopic (exact) mass is 294 g/mol. The van der Waals surface area contributed by atoms with Gasteiger partial charge in [0.25, 0.3) is 0 Å². The van der Waals surface area contributed by atoms with Crippen molar-refractivity contribution in [3.05, 3.63) is 17.7 Å². The zero-order valence-electron chi connectivity index (χ0n) is 13.5. The number of unbranched alkanes of at least 4 members (excludes halogenated alkanes) is 6. The van der Waals surface area contributed by atoms with Crippen LogP contribution in [0.3, 0.4) is 0 Å². The molecule has 0 atom stereocenters. The molecule has 0 aliphatic heterocycles. The van der Waals surface area contributed by atoms with E-state index in [1.165, 1.54) is 25.7 Å². The van der Waals surface area contributed by atoms with Gasteiger partial charge in [-0.15, -0.1) is 0 Å². The van der Waals surface area contributed by atoms with Gasteiger partial charge in [-0.05, 0) is 30.9 Å². The fraction of sp³-hybridized carbons (Fsp3) is 0.667. The van der Waals surface area contributed by atoms with E-state index < -0.39 is 0 Å². The lowest BCUT2D eigenvalue weighted by Crippen LogP contribution is -2.01. The van der Waals surface area contributed by atoms with E-state index in [0.29, 0.717) is 12.4 Å². The minimum absolute atomic E-state index is 0.102. The third kappa shape index (κ3) is 6.28. The van der Waals surface area contributed by atoms with Gasteiger partial charge in [-0.3, -0.25) is 0 Å². The van der Waals surface area contributed by atoms with E-state index in [0.717, 1.165) is 37.7 Å². The highest BCUT2D eigenvalue weighted by Crippen LogP contribution is 2.39. The molecule has 1 rings (SSSR count). The summed E-state index contributed by atoms with van der Waals surface area (Å²) in [5.41, 5.74) is 0.998. The van der Waals surface area contributed by atoms with Crippen LogP contribution in [0.2, 0.25) is 0 Å². The largest absolute Gasteiger partial charge is 0.504 e. The van der Waals surface area contributed by atoms with Gasteiger partial charge in [0.1, 0.15) is 0 Å². The zero-order valence-corrected chi connectivity index (χ0v) is 13.5. The van der Waals surface area contributed by atoms with Gasteiger partial charge in [0.2, 0.25) is 5.75 Å². The number of phenols is 2. The summed E-state index contributed by atoms with van der Waals surface area (Å²) < 4.78 is 5.72. The second-order valence-corrected chi connectivity index (χ2v) is 5.64. The van der Waals surface area contributed by atoms with Gasteiger partial charge in [-0.25, -0.2) is 0 Å². The molecule has 3 heteroatoms. The lowest BCUT2D eigenvalue weighted by Gasteiger charge is -2.14. The van der Waals surface area contributed by atoms with Crippen molar-refractivity contribution < 1.29 is 14.9 Å². The third-order valence-electron chi connectivity index (χ3n) is 3.74. The summed E-state index contributed by atoms with van der Waals surface area (Å²) in [5, 5.41) is 19.6. The maximum Gasteiger partial charge on any atom is 0.200 e. The number of rotatable bonds is 11. The minimum atomic E-state index is -0.113. The minimum Gasteiger partial charge on any atom is -0.504 e. The summed E-state index contributed by atoms with van der Waals surface area (Å²) in [4.78, 5) is 0. The molecular formula is C18H30O3. The molecule has 120 valence electrons. The van der Waals surface area contributed by atoms with Crippen LogP contribution in [-0.4, -0.2) is 16.8 Å². The van der Waals surface area contributed by atoms with Crippen molar-refractivity contribution in [2.45, 2.75) is 71.6 Å². The number of phenolic OH excluding ortho intramolecular Hbond substituents is 2. The smallest absolute Gasteiger partial charge is 0.200 e. The van der Waals surface area contributed by atoms with Crippen molar-refractivity contribution in [2.75, 3.05) is 6.61 Å². The molecule has 0 bridgehead atoms. The Morgan fingerprint density at radius 1 is 0.857 bits per heavy atom. The predicted molar refractivity (Wildman–Crippen MR) is 87.3 cm³/mol. The fourth-order valence-electron chi connectivity index (χ4n) is 2.41. The summed E-state index contributed by atoms with van der Waals surface area (Å²) >= 11 is 0. The van der Waals surface area contributed by atoms with Gasteiger partial charge in [-0.1, -0.05) is 58.4 Å². The van der Waals surface area contributed by atoms with Crippen LogP contribution in [0, 0.1) is 0 Å². The summed E-state index contributed by atoms with van der Waals surface area (Å²) in [6.07, 6.45) is 10.2. The van der Waals surface area contributed by atoms with Crippen LogP contribution in [-0.2, 0) is 6.42 Å². The second kappa shape index (κ2) is 10.4. The molecule has 1 aromatic rings. The van der Waals surface area contributed by atoms with Gasteiger partial charge in [0, 0.05) is 0 Å². The average molecular weight is 294 g/mol. The van der Waals surface area contributed by atoms with Crippen LogP contribution in [0.4, 0.5) is 0 Å². The highest BCUT2D eigenvalue weighted by atomic mass is 16.5. The standard InChI is InChI=1S/C18H30O3/c1-3-5-7-8-9-11-15-12-13-16(19)17(20)18(15)21-14-10-6-4-2/h12-13,19-20H,3-11,14H2,1-2H3. The van der Waals surface area contributed by atoms with E-state index in [1.807, 2.05) is 6.07 Å². The lowest BCUT2D eigenvalue weighted by atomic mass is 10.0. The third-order valence-corrected chi connectivity index (χ3v) is 3.74. The Morgan fingerprint density at radius 3 is 2.24 bits per heavy atom. The topological polar surface area (TPSA) is 49.7 Å². The van der Waals surface area contributed by atoms with E-state index in [4.69, 9.17) is 4.74 Å². The molecule has 0 saturated heterocycles. The summed E-state index contributed by atoms with van der Waals surface area (Å²) in [7, 11) is 0. The Balaban J connectivity index is 2.57. The number of hydrogen-bond acceptors (Lipinski definition) is 3. The Bertz CT molecular complexity index is 402. The van der Waals surface area contributed by atoms with Crippen LogP contribution in [0.15, 0.2) is 12.1 Å². The highest BCUT2D eigenvalue weighted by molar-refractivity contribution is 5.54. The Labute approximate surface area is 129 Å². The van der Waals surface area contributed by atoms with Crippen molar-refractivity contribution in [3.8, 4) is 17.2 Å². The molecule has 2 N–H and O–H groups in total. The van der Waals surface area contributed by atoms with E-state index in [-0.39, 0.29) is 11.5 Å². The van der Waals surface area contributed by atoms with Crippen LogP contribution >= 0.6 is 0 Å². The number of ether oxygens (including phenoxy) is 1. The lowest BCUT2D eigenvalue weighted by molar-refractivity contribution is 0.281. The van der Waals surface area contributed by atoms with Crippen LogP contribution in [0.25, 0.3) is 0 Å². The van der Waals surface area contributed by atoms with Crippen LogP contribution in [0.1, 0.15) is 70.8 Å². The molecule has 0 radical (unpaired) electrons. The van der Waals surface area contributed by atoms with Crippen molar-refractivity contribution in [1.82, 2.24) is 0 Å². The van der Waals surface area contributed by atoms with Crippen molar-refractivity contribution >= 4 is 0 Å². The Kier molecular flexibility index (Phi) is 8.72. The van der Waals surface area contributed by atoms with Gasteiger partial charge >= 0.3 is 0 Å². The fourth-order valence-corrected chi connectivity index (χ4v) is 2.41. The van der Waals surface area contributed by atoms with E-state index in [2.05, 4.69) is 13.8 Å². The van der Waals surface area contributed by atoms with Gasteiger partial charge in [0.05, 0.1) is 6.61 Å². The first kappa shape index (κ1) is 17.7. The molecule has 1 aromatic carbocycles. The number of aromatic hydroxyl groups is 2. The molecule has 0 unspecified atom stereocenters. The average Bonchev–Trinajstić information content (AvgIpc) is 2.49. The molecule has 0 fully saturated rings. The van der Waals surface area contributed by atoms with E-state index in [9.17, 15) is 10.2 Å². The molecule has 0 aliphatic carbocycles. The molecule has 0 amide bonds. The Hall–Kier alpha value is -1.38. The first-order valence-electron chi connectivity index (χ1n) is 8.37. The molecule has 0 saturated carbocycles. The summed E-state index contributed by atoms with van der Waals surface area (Å²) in [6, 6.07) is 3.42. The molecule has 0 aliphatic rings. The van der Waals surface area contributed by atoms with Crippen LogP contribution in [0.5, 0.6) is 17.2 Å². The summed E-state index contributed by atoms with van der Waals surface area (Å²) in [6.45, 7) is 4.95. The maximum atomic E-state index is 10.0. The maximum absolute atomic E-state index is 10.0. The van der Waals surface area contributed by atoms with Crippen molar-refractivity contribution in [2.24, 2.45) is 0 Å². The molecule has 21 heavy (non-hydrogen) atoms. The first-order valence-corrected chi connectivity index (χ1v) is 8.37. The number of hydrogen-bond donors (Lipinski definition) is 2. The zero-order chi connectivity index (χ0) is 15.5. The second-order valence-electron chi connectivity index (χ2n) is 5.64. The Morgan fingerprint density at radius 2 is 1.52 bits per heavy atom. The molecule has 0 spiro atoms. The number of aryl methyl sites for hydroxylation is 1. The quantitative estimate of drug-likeness (QED) is 0.437. The SMILES string of the molecule is CCCCCCCc1ccc(O)c(O)c1OCCCCC. The van der Waals surface area contributed by atoms with Crippen molar-refractivity contribution in [3.63, 3.8) is 0 Å². The van der Waals surface area contributed by atoms with E-state index in [1.54, 1.807) is 6.07 Å². The molecule has 0 aromatic heterocycles.